The topological polar surface area (TPSA) is 32.7 Å². The minimum Gasteiger partial charge on any atom is -0.489 e. The Kier molecular flexibility index (Phi) is 5.22. The van der Waals surface area contributed by atoms with Crippen LogP contribution >= 0.6 is 0 Å². The number of aliphatic hydroxyl groups is 1. The lowest BCUT2D eigenvalue weighted by atomic mass is 9.78. The normalized spacial score (nSPS) is 21.2. The molecule has 0 amide bonds. The van der Waals surface area contributed by atoms with Gasteiger partial charge in [0, 0.05) is 12.5 Å². The van der Waals surface area contributed by atoms with E-state index in [9.17, 15) is 5.11 Å². The Morgan fingerprint density at radius 2 is 1.96 bits per heavy atom. The second-order valence-corrected chi connectivity index (χ2v) is 7.05. The first-order chi connectivity index (χ1) is 11.6. The lowest BCUT2D eigenvalue weighted by molar-refractivity contribution is -0.0341. The molecule has 1 aliphatic rings. The number of ether oxygens (including phenoxy) is 1. The zero-order valence-corrected chi connectivity index (χ0v) is 14.6. The van der Waals surface area contributed by atoms with Crippen molar-refractivity contribution in [1.82, 2.24) is 4.90 Å². The predicted molar refractivity (Wildman–Crippen MR) is 97.0 cm³/mol. The van der Waals surface area contributed by atoms with Crippen molar-refractivity contribution in [3.8, 4) is 5.75 Å². The largest absolute Gasteiger partial charge is 0.489 e. The molecule has 0 unspecified atom stereocenters. The van der Waals surface area contributed by atoms with Crippen molar-refractivity contribution < 1.29 is 9.84 Å². The third kappa shape index (κ3) is 3.97. The van der Waals surface area contributed by atoms with Gasteiger partial charge in [-0.1, -0.05) is 42.5 Å². The molecule has 1 aliphatic heterocycles. The Bertz CT molecular complexity index is 654. The third-order valence-corrected chi connectivity index (χ3v) is 5.09. The number of hydrogen-bond acceptors (Lipinski definition) is 3. The molecule has 2 aromatic carbocycles. The second-order valence-electron chi connectivity index (χ2n) is 7.05. The third-order valence-electron chi connectivity index (χ3n) is 5.09. The van der Waals surface area contributed by atoms with Gasteiger partial charge in [0.1, 0.15) is 12.4 Å². The molecule has 0 aromatic heterocycles. The summed E-state index contributed by atoms with van der Waals surface area (Å²) in [7, 11) is 2.13. The lowest BCUT2D eigenvalue weighted by Crippen LogP contribution is -2.43. The van der Waals surface area contributed by atoms with Crippen LogP contribution in [0.5, 0.6) is 5.75 Å². The van der Waals surface area contributed by atoms with Crippen LogP contribution in [-0.2, 0) is 12.2 Å². The van der Waals surface area contributed by atoms with Gasteiger partial charge in [0.05, 0.1) is 5.60 Å². The van der Waals surface area contributed by atoms with E-state index in [1.165, 1.54) is 0 Å². The van der Waals surface area contributed by atoms with Crippen LogP contribution in [-0.4, -0.2) is 30.1 Å². The fourth-order valence-corrected chi connectivity index (χ4v) is 3.50. The zero-order chi connectivity index (χ0) is 17.0. The van der Waals surface area contributed by atoms with Crippen molar-refractivity contribution in [2.45, 2.75) is 32.0 Å². The molecule has 1 saturated heterocycles. The van der Waals surface area contributed by atoms with Gasteiger partial charge in [0.2, 0.25) is 0 Å². The molecule has 3 nitrogen and oxygen atoms in total. The van der Waals surface area contributed by atoms with Crippen molar-refractivity contribution in [3.63, 3.8) is 0 Å². The molecule has 1 fully saturated rings. The van der Waals surface area contributed by atoms with Gasteiger partial charge in [-0.3, -0.25) is 0 Å². The summed E-state index contributed by atoms with van der Waals surface area (Å²) in [6, 6.07) is 18.0. The SMILES string of the molecule is CN1CCC[C@H]([C@](C)(O)c2cccc(OCc3ccccc3)c2)C1. The van der Waals surface area contributed by atoms with Gasteiger partial charge >= 0.3 is 0 Å². The number of likely N-dealkylation sites (tertiary alicyclic amines) is 1. The van der Waals surface area contributed by atoms with Crippen LogP contribution in [0.2, 0.25) is 0 Å². The van der Waals surface area contributed by atoms with Crippen LogP contribution in [0.3, 0.4) is 0 Å². The number of rotatable bonds is 5. The zero-order valence-electron chi connectivity index (χ0n) is 14.6. The summed E-state index contributed by atoms with van der Waals surface area (Å²) >= 11 is 0. The molecule has 0 spiro atoms. The van der Waals surface area contributed by atoms with E-state index in [-0.39, 0.29) is 5.92 Å². The van der Waals surface area contributed by atoms with E-state index in [4.69, 9.17) is 4.74 Å². The molecule has 1 heterocycles. The average Bonchev–Trinajstić information content (AvgIpc) is 2.61. The van der Waals surface area contributed by atoms with E-state index in [0.717, 1.165) is 42.8 Å². The van der Waals surface area contributed by atoms with Crippen molar-refractivity contribution in [3.05, 3.63) is 65.7 Å². The summed E-state index contributed by atoms with van der Waals surface area (Å²) in [6.45, 7) is 4.53. The smallest absolute Gasteiger partial charge is 0.120 e. The highest BCUT2D eigenvalue weighted by Crippen LogP contribution is 2.36. The first-order valence-corrected chi connectivity index (χ1v) is 8.74. The predicted octanol–water partition coefficient (Wildman–Crippen LogP) is 3.81. The standard InChI is InChI=1S/C21H27NO2/c1-21(23,19-11-7-13-22(2)15-19)18-10-6-12-20(14-18)24-16-17-8-4-3-5-9-17/h3-6,8-10,12,14,19,23H,7,11,13,15-16H2,1-2H3/t19-,21+/m0/s1. The average molecular weight is 325 g/mol. The van der Waals surface area contributed by atoms with E-state index < -0.39 is 5.60 Å². The van der Waals surface area contributed by atoms with E-state index in [2.05, 4.69) is 24.1 Å². The molecule has 0 radical (unpaired) electrons. The molecule has 2 atom stereocenters. The molecule has 3 heteroatoms. The van der Waals surface area contributed by atoms with Gasteiger partial charge < -0.3 is 14.7 Å². The molecule has 2 aromatic rings. The fourth-order valence-electron chi connectivity index (χ4n) is 3.50. The highest BCUT2D eigenvalue weighted by atomic mass is 16.5. The summed E-state index contributed by atoms with van der Waals surface area (Å²) in [5.74, 6) is 1.06. The maximum absolute atomic E-state index is 11.2. The van der Waals surface area contributed by atoms with Gasteiger partial charge in [-0.25, -0.2) is 0 Å². The Morgan fingerprint density at radius 1 is 1.17 bits per heavy atom. The number of piperidine rings is 1. The first kappa shape index (κ1) is 17.0. The number of benzene rings is 2. The van der Waals surface area contributed by atoms with Crippen molar-refractivity contribution in [1.29, 1.82) is 0 Å². The van der Waals surface area contributed by atoms with Crippen molar-refractivity contribution in [2.24, 2.45) is 5.92 Å². The summed E-state index contributed by atoms with van der Waals surface area (Å²) in [6.07, 6.45) is 2.20. The van der Waals surface area contributed by atoms with Gasteiger partial charge in [-0.2, -0.15) is 0 Å². The van der Waals surface area contributed by atoms with E-state index in [1.807, 2.05) is 49.4 Å². The highest BCUT2D eigenvalue weighted by Gasteiger charge is 2.36. The molecule has 24 heavy (non-hydrogen) atoms. The molecule has 0 aliphatic carbocycles. The van der Waals surface area contributed by atoms with Crippen molar-refractivity contribution >= 4 is 0 Å². The fraction of sp³-hybridized carbons (Fsp3) is 0.429. The van der Waals surface area contributed by atoms with E-state index >= 15 is 0 Å². The molecule has 128 valence electrons. The summed E-state index contributed by atoms with van der Waals surface area (Å²) in [5.41, 5.74) is 1.25. The van der Waals surface area contributed by atoms with Crippen LogP contribution in [0.25, 0.3) is 0 Å². The van der Waals surface area contributed by atoms with Crippen LogP contribution in [0.4, 0.5) is 0 Å². The molecule has 0 saturated carbocycles. The molecular formula is C21H27NO2. The molecule has 0 bridgehead atoms. The lowest BCUT2D eigenvalue weighted by Gasteiger charge is -2.39. The highest BCUT2D eigenvalue weighted by molar-refractivity contribution is 5.33. The minimum absolute atomic E-state index is 0.251. The Labute approximate surface area is 144 Å². The van der Waals surface area contributed by atoms with E-state index in [0.29, 0.717) is 6.61 Å². The second kappa shape index (κ2) is 7.37. The van der Waals surface area contributed by atoms with Gasteiger partial charge in [0.25, 0.3) is 0 Å². The number of hydrogen-bond donors (Lipinski definition) is 1. The summed E-state index contributed by atoms with van der Waals surface area (Å²) in [4.78, 5) is 2.30. The van der Waals surface area contributed by atoms with Crippen LogP contribution in [0.1, 0.15) is 30.9 Å². The Morgan fingerprint density at radius 3 is 2.71 bits per heavy atom. The number of nitrogens with zero attached hydrogens (tertiary/aromatic N) is 1. The maximum atomic E-state index is 11.2. The molecule has 1 N–H and O–H groups in total. The van der Waals surface area contributed by atoms with E-state index in [1.54, 1.807) is 0 Å². The monoisotopic (exact) mass is 325 g/mol. The molecule has 3 rings (SSSR count). The maximum Gasteiger partial charge on any atom is 0.120 e. The van der Waals surface area contributed by atoms with Gasteiger partial charge in [0.15, 0.2) is 0 Å². The summed E-state index contributed by atoms with van der Waals surface area (Å²) in [5, 5.41) is 11.2. The minimum atomic E-state index is -0.833. The summed E-state index contributed by atoms with van der Waals surface area (Å²) < 4.78 is 5.91. The van der Waals surface area contributed by atoms with Gasteiger partial charge in [-0.05, 0) is 56.6 Å². The van der Waals surface area contributed by atoms with Gasteiger partial charge in [-0.15, -0.1) is 0 Å². The Hall–Kier alpha value is -1.84. The Balaban J connectivity index is 1.71. The molecular weight excluding hydrogens is 298 g/mol. The van der Waals surface area contributed by atoms with Crippen LogP contribution < -0.4 is 4.74 Å². The quantitative estimate of drug-likeness (QED) is 0.907. The van der Waals surface area contributed by atoms with Crippen LogP contribution in [0.15, 0.2) is 54.6 Å². The van der Waals surface area contributed by atoms with Crippen LogP contribution in [0, 0.1) is 5.92 Å². The first-order valence-electron chi connectivity index (χ1n) is 8.74. The van der Waals surface area contributed by atoms with Crippen molar-refractivity contribution in [2.75, 3.05) is 20.1 Å².